The number of nitrogens with one attached hydrogen (secondary N) is 1. The predicted molar refractivity (Wildman–Crippen MR) is 119 cm³/mol. The minimum Gasteiger partial charge on any atom is -0.505 e. The van der Waals surface area contributed by atoms with Gasteiger partial charge in [-0.15, -0.1) is 0 Å². The first-order valence-corrected chi connectivity index (χ1v) is 10.4. The highest BCUT2D eigenvalue weighted by Gasteiger charge is 2.30. The molecule has 4 rings (SSSR count). The van der Waals surface area contributed by atoms with E-state index in [0.29, 0.717) is 28.8 Å². The van der Waals surface area contributed by atoms with Crippen LogP contribution in [0.15, 0.2) is 36.7 Å². The second-order valence-corrected chi connectivity index (χ2v) is 7.66. The normalized spacial score (nSPS) is 15.7. The molecule has 0 saturated carbocycles. The molecule has 1 fully saturated rings. The summed E-state index contributed by atoms with van der Waals surface area (Å²) in [7, 11) is 0. The van der Waals surface area contributed by atoms with Crippen molar-refractivity contribution in [2.24, 2.45) is 0 Å². The van der Waals surface area contributed by atoms with Crippen LogP contribution in [0, 0.1) is 11.3 Å². The van der Waals surface area contributed by atoms with Crippen molar-refractivity contribution in [1.82, 2.24) is 25.2 Å². The van der Waals surface area contributed by atoms with Crippen molar-refractivity contribution in [3.63, 3.8) is 0 Å². The Hall–Kier alpha value is -4.50. The van der Waals surface area contributed by atoms with Crippen LogP contribution in [0.1, 0.15) is 21.7 Å². The summed E-state index contributed by atoms with van der Waals surface area (Å²) in [5.41, 5.74) is 1.16. The van der Waals surface area contributed by atoms with E-state index in [4.69, 9.17) is 5.26 Å². The number of carboxylic acid groups (broad SMARTS) is 1. The Morgan fingerprint density at radius 1 is 1.18 bits per heavy atom. The highest BCUT2D eigenvalue weighted by molar-refractivity contribution is 6.00. The molecule has 1 unspecified atom stereocenters. The lowest BCUT2D eigenvalue weighted by Crippen LogP contribution is -2.56. The van der Waals surface area contributed by atoms with E-state index in [-0.39, 0.29) is 43.4 Å². The molecule has 3 aromatic heterocycles. The number of pyridine rings is 3. The predicted octanol–water partition coefficient (Wildman–Crippen LogP) is 0.693. The van der Waals surface area contributed by atoms with Gasteiger partial charge in [0, 0.05) is 37.8 Å². The zero-order chi connectivity index (χ0) is 24.2. The first kappa shape index (κ1) is 22.7. The maximum absolute atomic E-state index is 12.6. The smallest absolute Gasteiger partial charge is 0.407 e. The Balaban J connectivity index is 1.49. The maximum atomic E-state index is 12.6. The average Bonchev–Trinajstić information content (AvgIpc) is 2.87. The van der Waals surface area contributed by atoms with Crippen LogP contribution in [-0.4, -0.2) is 79.5 Å². The van der Waals surface area contributed by atoms with E-state index >= 15 is 0 Å². The van der Waals surface area contributed by atoms with E-state index in [1.807, 2.05) is 11.0 Å². The summed E-state index contributed by atoms with van der Waals surface area (Å²) in [4.78, 5) is 39.4. The molecule has 1 aliphatic rings. The van der Waals surface area contributed by atoms with Gasteiger partial charge in [-0.05, 0) is 23.8 Å². The van der Waals surface area contributed by atoms with Crippen molar-refractivity contribution < 1.29 is 24.9 Å². The minimum atomic E-state index is -1.08. The van der Waals surface area contributed by atoms with Crippen LogP contribution in [0.2, 0.25) is 0 Å². The standard InChI is InChI=1S/C22H21N7O5/c23-7-14-2-1-13(8-24-14)9-26-21(32)19-20(31)16-3-4-18(27-17(16)10-25-19)28-5-6-29(22(33)34)15(11-28)12-30/h1-4,8,10,15,30-31H,5-6,9,11-12H2,(H,26,32)(H,33,34). The van der Waals surface area contributed by atoms with E-state index in [9.17, 15) is 24.9 Å². The van der Waals surface area contributed by atoms with Gasteiger partial charge >= 0.3 is 6.09 Å². The van der Waals surface area contributed by atoms with Crippen LogP contribution < -0.4 is 10.2 Å². The molecule has 0 aliphatic carbocycles. The van der Waals surface area contributed by atoms with E-state index in [0.717, 1.165) is 0 Å². The van der Waals surface area contributed by atoms with E-state index in [2.05, 4.69) is 20.3 Å². The summed E-state index contributed by atoms with van der Waals surface area (Å²) in [6.45, 7) is 0.715. The Morgan fingerprint density at radius 2 is 2.00 bits per heavy atom. The molecule has 0 aromatic carbocycles. The van der Waals surface area contributed by atoms with Crippen LogP contribution >= 0.6 is 0 Å². The maximum Gasteiger partial charge on any atom is 0.407 e. The molecule has 4 heterocycles. The third kappa shape index (κ3) is 4.50. The molecule has 4 N–H and O–H groups in total. The van der Waals surface area contributed by atoms with Crippen LogP contribution in [0.5, 0.6) is 5.75 Å². The zero-order valence-corrected chi connectivity index (χ0v) is 17.9. The molecule has 174 valence electrons. The Bertz CT molecular complexity index is 1280. The summed E-state index contributed by atoms with van der Waals surface area (Å²) in [6, 6.07) is 7.84. The van der Waals surface area contributed by atoms with Crippen molar-refractivity contribution in [3.05, 3.63) is 53.6 Å². The quantitative estimate of drug-likeness (QED) is 0.421. The fourth-order valence-electron chi connectivity index (χ4n) is 3.75. The molecule has 1 aliphatic heterocycles. The number of aliphatic hydroxyl groups is 1. The molecule has 2 amide bonds. The van der Waals surface area contributed by atoms with Crippen LogP contribution in [0.25, 0.3) is 10.9 Å². The van der Waals surface area contributed by atoms with Crippen molar-refractivity contribution in [1.29, 1.82) is 5.26 Å². The van der Waals surface area contributed by atoms with Gasteiger partial charge in [0.05, 0.1) is 24.4 Å². The van der Waals surface area contributed by atoms with Gasteiger partial charge in [0.25, 0.3) is 5.91 Å². The van der Waals surface area contributed by atoms with Crippen molar-refractivity contribution >= 4 is 28.7 Å². The Labute approximate surface area is 193 Å². The second-order valence-electron chi connectivity index (χ2n) is 7.66. The summed E-state index contributed by atoms with van der Waals surface area (Å²) in [5, 5.41) is 41.2. The molecule has 0 radical (unpaired) electrons. The number of aromatic hydroxyl groups is 1. The molecule has 12 nitrogen and oxygen atoms in total. The summed E-state index contributed by atoms with van der Waals surface area (Å²) in [5.74, 6) is -0.345. The van der Waals surface area contributed by atoms with Gasteiger partial charge in [0.2, 0.25) is 0 Å². The first-order chi connectivity index (χ1) is 16.4. The third-order valence-corrected chi connectivity index (χ3v) is 5.58. The van der Waals surface area contributed by atoms with Gasteiger partial charge in [-0.25, -0.2) is 19.7 Å². The topological polar surface area (TPSA) is 176 Å². The molecular weight excluding hydrogens is 442 g/mol. The molecule has 1 saturated heterocycles. The number of rotatable bonds is 5. The van der Waals surface area contributed by atoms with E-state index in [1.165, 1.54) is 17.3 Å². The number of hydrogen-bond donors (Lipinski definition) is 4. The van der Waals surface area contributed by atoms with Gasteiger partial charge in [0.1, 0.15) is 17.6 Å². The number of nitriles is 1. The summed E-state index contributed by atoms with van der Waals surface area (Å²) < 4.78 is 0. The number of carbonyl (C=O) groups is 2. The SMILES string of the molecule is N#Cc1ccc(CNC(=O)c2ncc3nc(N4CCN(C(=O)O)C(CO)C4)ccc3c2O)cn1. The van der Waals surface area contributed by atoms with E-state index < -0.39 is 18.0 Å². The molecule has 1 atom stereocenters. The number of hydrogen-bond acceptors (Lipinski definition) is 9. The average molecular weight is 463 g/mol. The number of aliphatic hydroxyl groups excluding tert-OH is 1. The van der Waals surface area contributed by atoms with Gasteiger partial charge in [-0.3, -0.25) is 9.69 Å². The van der Waals surface area contributed by atoms with Crippen molar-refractivity contribution in [2.75, 3.05) is 31.1 Å². The van der Waals surface area contributed by atoms with Gasteiger partial charge in [-0.2, -0.15) is 5.26 Å². The monoisotopic (exact) mass is 463 g/mol. The zero-order valence-electron chi connectivity index (χ0n) is 17.9. The number of nitrogens with zero attached hydrogens (tertiary/aromatic N) is 6. The second kappa shape index (κ2) is 9.55. The molecule has 0 spiro atoms. The first-order valence-electron chi connectivity index (χ1n) is 10.4. The third-order valence-electron chi connectivity index (χ3n) is 5.58. The molecule has 3 aromatic rings. The Kier molecular flexibility index (Phi) is 6.37. The number of carbonyl (C=O) groups excluding carboxylic acids is 1. The fraction of sp³-hybridized carbons (Fsp3) is 0.273. The van der Waals surface area contributed by atoms with Gasteiger partial charge in [-0.1, -0.05) is 6.07 Å². The van der Waals surface area contributed by atoms with Crippen molar-refractivity contribution in [3.8, 4) is 11.8 Å². The van der Waals surface area contributed by atoms with Crippen LogP contribution in [0.4, 0.5) is 10.6 Å². The lowest BCUT2D eigenvalue weighted by molar-refractivity contribution is 0.0908. The van der Waals surface area contributed by atoms with Crippen LogP contribution in [0.3, 0.4) is 0 Å². The summed E-state index contributed by atoms with van der Waals surface area (Å²) >= 11 is 0. The number of fused-ring (bicyclic) bond motifs is 1. The molecule has 34 heavy (non-hydrogen) atoms. The molecule has 12 heteroatoms. The Morgan fingerprint density at radius 3 is 2.68 bits per heavy atom. The number of anilines is 1. The molecular formula is C22H21N7O5. The summed E-state index contributed by atoms with van der Waals surface area (Å²) in [6.07, 6.45) is 1.78. The van der Waals surface area contributed by atoms with Gasteiger partial charge < -0.3 is 25.5 Å². The lowest BCUT2D eigenvalue weighted by atomic mass is 10.1. The molecule has 0 bridgehead atoms. The fourth-order valence-corrected chi connectivity index (χ4v) is 3.75. The van der Waals surface area contributed by atoms with Crippen molar-refractivity contribution in [2.45, 2.75) is 12.6 Å². The van der Waals surface area contributed by atoms with Crippen LogP contribution in [-0.2, 0) is 6.54 Å². The number of aromatic nitrogens is 3. The largest absolute Gasteiger partial charge is 0.505 e. The number of amides is 2. The van der Waals surface area contributed by atoms with Gasteiger partial charge in [0.15, 0.2) is 11.4 Å². The number of piperazine rings is 1. The minimum absolute atomic E-state index is 0.141. The highest BCUT2D eigenvalue weighted by Crippen LogP contribution is 2.28. The lowest BCUT2D eigenvalue weighted by Gasteiger charge is -2.39. The van der Waals surface area contributed by atoms with E-state index in [1.54, 1.807) is 24.3 Å². The highest BCUT2D eigenvalue weighted by atomic mass is 16.4.